The Bertz CT molecular complexity index is 893. The van der Waals surface area contributed by atoms with Crippen LogP contribution in [0.1, 0.15) is 36.2 Å². The molecule has 1 fully saturated rings. The van der Waals surface area contributed by atoms with Gasteiger partial charge in [-0.1, -0.05) is 37.7 Å². The summed E-state index contributed by atoms with van der Waals surface area (Å²) < 4.78 is 5.63. The highest BCUT2D eigenvalue weighted by molar-refractivity contribution is 8.14. The molecule has 5 nitrogen and oxygen atoms in total. The molecular weight excluding hydrogens is 372 g/mol. The van der Waals surface area contributed by atoms with Crippen molar-refractivity contribution in [3.05, 3.63) is 59.7 Å². The number of nitrogens with zero attached hydrogens (tertiary/aromatic N) is 2. The lowest BCUT2D eigenvalue weighted by atomic mass is 10.1. The van der Waals surface area contributed by atoms with E-state index in [1.165, 1.54) is 0 Å². The van der Waals surface area contributed by atoms with Crippen molar-refractivity contribution in [3.63, 3.8) is 0 Å². The molecule has 3 rings (SSSR count). The van der Waals surface area contributed by atoms with Crippen LogP contribution in [0.15, 0.2) is 53.5 Å². The van der Waals surface area contributed by atoms with Crippen molar-refractivity contribution in [3.8, 4) is 5.75 Å². The third-order valence-electron chi connectivity index (χ3n) is 4.36. The molecule has 0 N–H and O–H groups in total. The summed E-state index contributed by atoms with van der Waals surface area (Å²) >= 11 is 1.59. The Hall–Kier alpha value is -2.60. The van der Waals surface area contributed by atoms with Gasteiger partial charge in [0, 0.05) is 23.8 Å². The molecule has 1 aliphatic heterocycles. The van der Waals surface area contributed by atoms with Gasteiger partial charge in [-0.25, -0.2) is 4.99 Å². The van der Waals surface area contributed by atoms with Gasteiger partial charge >= 0.3 is 0 Å². The van der Waals surface area contributed by atoms with Crippen LogP contribution in [0.25, 0.3) is 0 Å². The SMILES string of the molecule is CCC(=O)c1ccc(OCC(=O)N2C[C@@H](C)SC2=Nc2cccc(C)c2)cc1. The van der Waals surface area contributed by atoms with Gasteiger partial charge in [-0.3, -0.25) is 14.5 Å². The van der Waals surface area contributed by atoms with E-state index in [2.05, 4.69) is 11.9 Å². The highest BCUT2D eigenvalue weighted by atomic mass is 32.2. The number of benzene rings is 2. The number of aliphatic imine (C=N–C) groups is 1. The van der Waals surface area contributed by atoms with Crippen LogP contribution in [-0.4, -0.2) is 40.2 Å². The Balaban J connectivity index is 1.66. The summed E-state index contributed by atoms with van der Waals surface area (Å²) in [6.07, 6.45) is 0.465. The Morgan fingerprint density at radius 2 is 1.96 bits per heavy atom. The first kappa shape index (κ1) is 20.1. The van der Waals surface area contributed by atoms with Gasteiger partial charge in [0.1, 0.15) is 5.75 Å². The van der Waals surface area contributed by atoms with Gasteiger partial charge in [0.2, 0.25) is 0 Å². The van der Waals surface area contributed by atoms with Crippen LogP contribution in [0.4, 0.5) is 5.69 Å². The molecule has 6 heteroatoms. The molecule has 1 amide bonds. The maximum absolute atomic E-state index is 12.7. The van der Waals surface area contributed by atoms with Gasteiger partial charge < -0.3 is 4.74 Å². The number of amides is 1. The Morgan fingerprint density at radius 3 is 2.64 bits per heavy atom. The summed E-state index contributed by atoms with van der Waals surface area (Å²) in [6.45, 7) is 6.47. The predicted octanol–water partition coefficient (Wildman–Crippen LogP) is 4.62. The Labute approximate surface area is 169 Å². The largest absolute Gasteiger partial charge is 0.484 e. The number of rotatable bonds is 6. The van der Waals surface area contributed by atoms with E-state index in [1.807, 2.05) is 38.1 Å². The second-order valence-electron chi connectivity index (χ2n) is 6.76. The monoisotopic (exact) mass is 396 g/mol. The molecular formula is C22H24N2O3S. The second kappa shape index (κ2) is 9.06. The van der Waals surface area contributed by atoms with Crippen molar-refractivity contribution >= 4 is 34.3 Å². The zero-order valence-corrected chi connectivity index (χ0v) is 17.2. The molecule has 0 bridgehead atoms. The lowest BCUT2D eigenvalue weighted by Gasteiger charge is -2.16. The summed E-state index contributed by atoms with van der Waals surface area (Å²) in [5.41, 5.74) is 2.62. The first-order chi connectivity index (χ1) is 13.5. The molecule has 0 saturated carbocycles. The smallest absolute Gasteiger partial charge is 0.266 e. The number of thioether (sulfide) groups is 1. The summed E-state index contributed by atoms with van der Waals surface area (Å²) in [5, 5.41) is 0.988. The Morgan fingerprint density at radius 1 is 1.21 bits per heavy atom. The van der Waals surface area contributed by atoms with Crippen LogP contribution in [0.5, 0.6) is 5.75 Å². The molecule has 2 aromatic carbocycles. The average molecular weight is 397 g/mol. The molecule has 0 aromatic heterocycles. The number of ether oxygens (including phenoxy) is 1. The lowest BCUT2D eigenvalue weighted by Crippen LogP contribution is -2.36. The van der Waals surface area contributed by atoms with E-state index in [9.17, 15) is 9.59 Å². The molecule has 0 unspecified atom stereocenters. The summed E-state index contributed by atoms with van der Waals surface area (Å²) in [4.78, 5) is 30.7. The van der Waals surface area contributed by atoms with Crippen LogP contribution < -0.4 is 4.74 Å². The van der Waals surface area contributed by atoms with Crippen molar-refractivity contribution in [1.29, 1.82) is 0 Å². The molecule has 1 heterocycles. The van der Waals surface area contributed by atoms with Crippen LogP contribution in [0.2, 0.25) is 0 Å². The molecule has 0 radical (unpaired) electrons. The van der Waals surface area contributed by atoms with Crippen molar-refractivity contribution in [1.82, 2.24) is 4.90 Å². The summed E-state index contributed by atoms with van der Waals surface area (Å²) in [7, 11) is 0. The van der Waals surface area contributed by atoms with E-state index in [0.717, 1.165) is 11.3 Å². The third-order valence-corrected chi connectivity index (χ3v) is 5.44. The lowest BCUT2D eigenvalue weighted by molar-refractivity contribution is -0.129. The number of carbonyl (C=O) groups excluding carboxylic acids is 2. The van der Waals surface area contributed by atoms with Crippen LogP contribution >= 0.6 is 11.8 Å². The average Bonchev–Trinajstić information content (AvgIpc) is 3.06. The minimum Gasteiger partial charge on any atom is -0.484 e. The minimum absolute atomic E-state index is 0.0683. The quantitative estimate of drug-likeness (QED) is 0.669. The van der Waals surface area contributed by atoms with Crippen LogP contribution in [0, 0.1) is 6.92 Å². The summed E-state index contributed by atoms with van der Waals surface area (Å²) in [6, 6.07) is 14.8. The Kier molecular flexibility index (Phi) is 6.52. The standard InChI is InChI=1S/C22H24N2O3S/c1-4-20(25)17-8-10-19(11-9-17)27-14-21(26)24-13-16(3)28-22(24)23-18-7-5-6-15(2)12-18/h5-12,16H,4,13-14H2,1-3H3/t16-/m1/s1. The van der Waals surface area contributed by atoms with Crippen LogP contribution in [-0.2, 0) is 4.79 Å². The van der Waals surface area contributed by atoms with Gasteiger partial charge in [0.25, 0.3) is 5.91 Å². The molecule has 1 atom stereocenters. The zero-order chi connectivity index (χ0) is 20.1. The van der Waals surface area contributed by atoms with Gasteiger partial charge in [0.15, 0.2) is 17.6 Å². The first-order valence-electron chi connectivity index (χ1n) is 9.34. The van der Waals surface area contributed by atoms with Gasteiger partial charge in [-0.15, -0.1) is 0 Å². The fraction of sp³-hybridized carbons (Fsp3) is 0.318. The van der Waals surface area contributed by atoms with E-state index in [4.69, 9.17) is 4.74 Å². The molecule has 28 heavy (non-hydrogen) atoms. The van der Waals surface area contributed by atoms with Gasteiger partial charge in [-0.05, 0) is 48.9 Å². The topological polar surface area (TPSA) is 59.0 Å². The fourth-order valence-corrected chi connectivity index (χ4v) is 3.93. The predicted molar refractivity (Wildman–Crippen MR) is 114 cm³/mol. The third kappa shape index (κ3) is 5.01. The van der Waals surface area contributed by atoms with Gasteiger partial charge in [-0.2, -0.15) is 0 Å². The molecule has 0 spiro atoms. The molecule has 0 aliphatic carbocycles. The van der Waals surface area contributed by atoms with Crippen molar-refractivity contribution in [2.45, 2.75) is 32.4 Å². The van der Waals surface area contributed by atoms with Gasteiger partial charge in [0.05, 0.1) is 5.69 Å². The molecule has 1 aliphatic rings. The van der Waals surface area contributed by atoms with E-state index >= 15 is 0 Å². The summed E-state index contributed by atoms with van der Waals surface area (Å²) in [5.74, 6) is 0.526. The van der Waals surface area contributed by atoms with E-state index in [1.54, 1.807) is 40.9 Å². The normalized spacial score (nSPS) is 17.8. The van der Waals surface area contributed by atoms with Crippen molar-refractivity contribution in [2.24, 2.45) is 4.99 Å². The molecule has 146 valence electrons. The second-order valence-corrected chi connectivity index (χ2v) is 8.16. The highest BCUT2D eigenvalue weighted by Gasteiger charge is 2.31. The maximum atomic E-state index is 12.7. The molecule has 1 saturated heterocycles. The van der Waals surface area contributed by atoms with E-state index in [0.29, 0.717) is 29.4 Å². The highest BCUT2D eigenvalue weighted by Crippen LogP contribution is 2.28. The first-order valence-corrected chi connectivity index (χ1v) is 10.2. The fourth-order valence-electron chi connectivity index (χ4n) is 2.88. The number of ketones is 1. The maximum Gasteiger partial charge on any atom is 0.266 e. The van der Waals surface area contributed by atoms with Crippen LogP contribution in [0.3, 0.4) is 0 Å². The molecule has 2 aromatic rings. The number of hydrogen-bond donors (Lipinski definition) is 0. The number of Topliss-reactive ketones (excluding diaryl/α,β-unsaturated/α-hetero) is 1. The number of amidine groups is 1. The van der Waals surface area contributed by atoms with Crippen molar-refractivity contribution < 1.29 is 14.3 Å². The minimum atomic E-state index is -0.128. The van der Waals surface area contributed by atoms with E-state index in [-0.39, 0.29) is 23.5 Å². The number of aryl methyl sites for hydroxylation is 1. The number of hydrogen-bond acceptors (Lipinski definition) is 5. The van der Waals surface area contributed by atoms with E-state index < -0.39 is 0 Å². The number of carbonyl (C=O) groups is 2. The van der Waals surface area contributed by atoms with Crippen molar-refractivity contribution in [2.75, 3.05) is 13.2 Å². The zero-order valence-electron chi connectivity index (χ0n) is 16.3.